The number of aliphatic hydroxyl groups is 1. The van der Waals surface area contributed by atoms with Crippen LogP contribution in [0.25, 0.3) is 0 Å². The van der Waals surface area contributed by atoms with Gasteiger partial charge in [0.1, 0.15) is 0 Å². The van der Waals surface area contributed by atoms with Gasteiger partial charge in [-0.15, -0.1) is 0 Å². The summed E-state index contributed by atoms with van der Waals surface area (Å²) in [6, 6.07) is 7.75. The first kappa shape index (κ1) is 21.1. The Balaban J connectivity index is 1.28. The van der Waals surface area contributed by atoms with Crippen molar-refractivity contribution < 1.29 is 19.4 Å². The Bertz CT molecular complexity index is 682. The van der Waals surface area contributed by atoms with Crippen molar-refractivity contribution in [3.05, 3.63) is 34.9 Å². The smallest absolute Gasteiger partial charge is 0.222 e. The van der Waals surface area contributed by atoms with Gasteiger partial charge in [-0.1, -0.05) is 23.7 Å². The minimum Gasteiger partial charge on any atom is -0.389 e. The lowest BCUT2D eigenvalue weighted by atomic mass is 9.94. The van der Waals surface area contributed by atoms with Gasteiger partial charge in [-0.25, -0.2) is 0 Å². The lowest BCUT2D eigenvalue weighted by Crippen LogP contribution is -2.56. The maximum atomic E-state index is 12.4. The minimum absolute atomic E-state index is 0.000390. The molecule has 1 amide bonds. The van der Waals surface area contributed by atoms with E-state index in [9.17, 15) is 9.90 Å². The van der Waals surface area contributed by atoms with Crippen LogP contribution in [0.3, 0.4) is 0 Å². The standard InChI is InChI=1S/C22H31ClN2O4/c23-17-5-3-15(4-6-17)10-24-22(27)9-19-7-8-20-21(29-19)14-28-13-18(26)12-25(20)11-16-1-2-16/h3-6,16,18-21,26H,1-2,7-14H2,(H,24,27)/t18-,19+,20+,21-/m1/s1. The number of rotatable bonds is 6. The number of hydrogen-bond acceptors (Lipinski definition) is 5. The number of ether oxygens (including phenoxy) is 2. The van der Waals surface area contributed by atoms with Gasteiger partial charge in [-0.05, 0) is 49.3 Å². The van der Waals surface area contributed by atoms with Crippen LogP contribution in [0.5, 0.6) is 0 Å². The second-order valence-electron chi connectivity index (χ2n) is 8.64. The zero-order valence-corrected chi connectivity index (χ0v) is 17.5. The van der Waals surface area contributed by atoms with Gasteiger partial charge in [0.05, 0.1) is 37.9 Å². The maximum absolute atomic E-state index is 12.4. The Labute approximate surface area is 177 Å². The number of hydrogen-bond donors (Lipinski definition) is 2. The number of halogens is 1. The van der Waals surface area contributed by atoms with Gasteiger partial charge < -0.3 is 19.9 Å². The molecule has 0 aromatic heterocycles. The van der Waals surface area contributed by atoms with Crippen molar-refractivity contribution in [2.24, 2.45) is 5.92 Å². The Morgan fingerprint density at radius 1 is 1.17 bits per heavy atom. The first-order chi connectivity index (χ1) is 14.1. The van der Waals surface area contributed by atoms with Crippen molar-refractivity contribution in [2.75, 3.05) is 26.3 Å². The molecular formula is C22H31ClN2O4. The van der Waals surface area contributed by atoms with Crippen LogP contribution in [0, 0.1) is 5.92 Å². The summed E-state index contributed by atoms with van der Waals surface area (Å²) in [6.45, 7) is 3.00. The van der Waals surface area contributed by atoms with Crippen molar-refractivity contribution in [1.82, 2.24) is 10.2 Å². The summed E-state index contributed by atoms with van der Waals surface area (Å²) in [7, 11) is 0. The van der Waals surface area contributed by atoms with E-state index in [1.165, 1.54) is 12.8 Å². The molecule has 0 spiro atoms. The van der Waals surface area contributed by atoms with Gasteiger partial charge in [0, 0.05) is 30.7 Å². The summed E-state index contributed by atoms with van der Waals surface area (Å²) < 4.78 is 12.0. The summed E-state index contributed by atoms with van der Waals surface area (Å²) in [5, 5.41) is 13.8. The number of benzene rings is 1. The number of carbonyl (C=O) groups is 1. The number of β-amino-alcohol motifs (C(OH)–C–C–N with tert-alkyl or cyclic N) is 1. The zero-order chi connectivity index (χ0) is 20.2. The van der Waals surface area contributed by atoms with Crippen molar-refractivity contribution >= 4 is 17.5 Å². The molecule has 2 aliphatic heterocycles. The molecule has 29 heavy (non-hydrogen) atoms. The van der Waals surface area contributed by atoms with E-state index in [-0.39, 0.29) is 24.2 Å². The summed E-state index contributed by atoms with van der Waals surface area (Å²) in [4.78, 5) is 14.8. The zero-order valence-electron chi connectivity index (χ0n) is 16.8. The average Bonchev–Trinajstić information content (AvgIpc) is 3.50. The molecule has 7 heteroatoms. The normalized spacial score (nSPS) is 30.8. The lowest BCUT2D eigenvalue weighted by molar-refractivity contribution is -0.157. The van der Waals surface area contributed by atoms with E-state index < -0.39 is 6.10 Å². The van der Waals surface area contributed by atoms with Gasteiger partial charge >= 0.3 is 0 Å². The van der Waals surface area contributed by atoms with Crippen molar-refractivity contribution in [3.63, 3.8) is 0 Å². The van der Waals surface area contributed by atoms with E-state index in [1.807, 2.05) is 24.3 Å². The molecule has 160 valence electrons. The van der Waals surface area contributed by atoms with E-state index in [0.717, 1.165) is 30.9 Å². The fourth-order valence-electron chi connectivity index (χ4n) is 4.37. The molecule has 2 N–H and O–H groups in total. The number of carbonyl (C=O) groups excluding carboxylic acids is 1. The molecule has 1 aromatic carbocycles. The third-order valence-corrected chi connectivity index (χ3v) is 6.35. The van der Waals surface area contributed by atoms with Crippen LogP contribution in [0.15, 0.2) is 24.3 Å². The highest BCUT2D eigenvalue weighted by Gasteiger charge is 2.39. The van der Waals surface area contributed by atoms with E-state index in [2.05, 4.69) is 10.2 Å². The highest BCUT2D eigenvalue weighted by atomic mass is 35.5. The fourth-order valence-corrected chi connectivity index (χ4v) is 4.50. The highest BCUT2D eigenvalue weighted by Crippen LogP contribution is 2.34. The second-order valence-corrected chi connectivity index (χ2v) is 9.07. The van der Waals surface area contributed by atoms with E-state index in [0.29, 0.717) is 37.7 Å². The Hall–Kier alpha value is -1.18. The number of nitrogens with one attached hydrogen (secondary N) is 1. The first-order valence-electron chi connectivity index (χ1n) is 10.7. The molecule has 3 aliphatic rings. The molecule has 0 unspecified atom stereocenters. The van der Waals surface area contributed by atoms with Gasteiger partial charge in [0.25, 0.3) is 0 Å². The molecule has 6 nitrogen and oxygen atoms in total. The molecule has 4 atom stereocenters. The molecule has 1 aromatic rings. The van der Waals surface area contributed by atoms with Crippen molar-refractivity contribution in [1.29, 1.82) is 0 Å². The summed E-state index contributed by atoms with van der Waals surface area (Å²) in [5.41, 5.74) is 1.02. The quantitative estimate of drug-likeness (QED) is 0.736. The second kappa shape index (κ2) is 9.75. The number of amides is 1. The van der Waals surface area contributed by atoms with Crippen LogP contribution in [0.4, 0.5) is 0 Å². The molecule has 0 radical (unpaired) electrons. The topological polar surface area (TPSA) is 71.0 Å². The van der Waals surface area contributed by atoms with Crippen LogP contribution < -0.4 is 5.32 Å². The monoisotopic (exact) mass is 422 g/mol. The molecule has 2 heterocycles. The van der Waals surface area contributed by atoms with E-state index in [4.69, 9.17) is 21.1 Å². The van der Waals surface area contributed by atoms with Gasteiger partial charge in [-0.3, -0.25) is 9.69 Å². The van der Waals surface area contributed by atoms with Crippen LogP contribution in [-0.2, 0) is 20.8 Å². The molecule has 1 aliphatic carbocycles. The van der Waals surface area contributed by atoms with E-state index >= 15 is 0 Å². The Kier molecular flexibility index (Phi) is 7.08. The molecule has 4 rings (SSSR count). The van der Waals surface area contributed by atoms with E-state index in [1.54, 1.807) is 0 Å². The van der Waals surface area contributed by atoms with Crippen LogP contribution in [0.2, 0.25) is 5.02 Å². The highest BCUT2D eigenvalue weighted by molar-refractivity contribution is 6.30. The summed E-state index contributed by atoms with van der Waals surface area (Å²) in [5.74, 6) is 0.764. The molecular weight excluding hydrogens is 392 g/mol. The van der Waals surface area contributed by atoms with Gasteiger partial charge in [0.15, 0.2) is 0 Å². The number of fused-ring (bicyclic) bond motifs is 1. The molecule has 3 fully saturated rings. The Morgan fingerprint density at radius 3 is 2.72 bits per heavy atom. The first-order valence-corrected chi connectivity index (χ1v) is 11.1. The van der Waals surface area contributed by atoms with Crippen molar-refractivity contribution in [3.8, 4) is 0 Å². The average molecular weight is 423 g/mol. The lowest BCUT2D eigenvalue weighted by Gasteiger charge is -2.44. The molecule has 2 saturated heterocycles. The van der Waals surface area contributed by atoms with Crippen molar-refractivity contribution in [2.45, 2.75) is 63.0 Å². The van der Waals surface area contributed by atoms with Gasteiger partial charge in [-0.2, -0.15) is 0 Å². The number of aliphatic hydroxyl groups excluding tert-OH is 1. The van der Waals surface area contributed by atoms with Gasteiger partial charge in [0.2, 0.25) is 5.91 Å². The predicted molar refractivity (Wildman–Crippen MR) is 111 cm³/mol. The third kappa shape index (κ3) is 6.15. The fraction of sp³-hybridized carbons (Fsp3) is 0.682. The van der Waals surface area contributed by atoms with Crippen LogP contribution >= 0.6 is 11.6 Å². The number of nitrogens with zero attached hydrogens (tertiary/aromatic N) is 1. The van der Waals surface area contributed by atoms with Crippen LogP contribution in [-0.4, -0.2) is 66.6 Å². The molecule has 0 bridgehead atoms. The van der Waals surface area contributed by atoms with Crippen LogP contribution in [0.1, 0.15) is 37.7 Å². The SMILES string of the molecule is O=C(C[C@@H]1CC[C@H]2[C@@H](COC[C@H](O)CN2CC2CC2)O1)NCc1ccc(Cl)cc1. The largest absolute Gasteiger partial charge is 0.389 e. The maximum Gasteiger partial charge on any atom is 0.222 e. The molecule has 1 saturated carbocycles. The minimum atomic E-state index is -0.439. The summed E-state index contributed by atoms with van der Waals surface area (Å²) in [6.07, 6.45) is 4.21. The predicted octanol–water partition coefficient (Wildman–Crippen LogP) is 2.37. The summed E-state index contributed by atoms with van der Waals surface area (Å²) >= 11 is 5.90. The third-order valence-electron chi connectivity index (χ3n) is 6.09. The Morgan fingerprint density at radius 2 is 1.97 bits per heavy atom.